The minimum atomic E-state index is -3.55. The highest BCUT2D eigenvalue weighted by atomic mass is 32.2. The molecule has 1 aromatic rings. The molecule has 1 N–H and O–H groups in total. The maximum atomic E-state index is 12.5. The maximum Gasteiger partial charge on any atom is 0.344 e. The van der Waals surface area contributed by atoms with Crippen LogP contribution in [0.4, 0.5) is 0 Å². The summed E-state index contributed by atoms with van der Waals surface area (Å²) in [6.45, 7) is 8.14. The summed E-state index contributed by atoms with van der Waals surface area (Å²) in [5.74, 6) is 1.78. The van der Waals surface area contributed by atoms with Gasteiger partial charge in [0.2, 0.25) is 15.0 Å². The van der Waals surface area contributed by atoms with E-state index in [1.54, 1.807) is 0 Å². The van der Waals surface area contributed by atoms with Gasteiger partial charge in [-0.3, -0.25) is 4.57 Å². The average molecular weight is 327 g/mol. The number of sulfone groups is 1. The lowest BCUT2D eigenvalue weighted by atomic mass is 9.76. The van der Waals surface area contributed by atoms with E-state index in [1.807, 2.05) is 0 Å². The average Bonchev–Trinajstić information content (AvgIpc) is 2.79. The van der Waals surface area contributed by atoms with Crippen LogP contribution in [0.1, 0.15) is 39.5 Å². The Morgan fingerprint density at radius 1 is 1.32 bits per heavy atom. The summed E-state index contributed by atoms with van der Waals surface area (Å²) in [5, 5.41) is 5.73. The minimum absolute atomic E-state index is 0.0402. The summed E-state index contributed by atoms with van der Waals surface area (Å²) in [6.07, 6.45) is 5.51. The molecule has 0 radical (unpaired) electrons. The third-order valence-electron chi connectivity index (χ3n) is 4.38. The summed E-state index contributed by atoms with van der Waals surface area (Å²) in [6, 6.07) is 0. The molecule has 7 heteroatoms. The quantitative estimate of drug-likeness (QED) is 0.810. The molecule has 124 valence electrons. The van der Waals surface area contributed by atoms with Crippen molar-refractivity contribution < 1.29 is 8.42 Å². The number of aromatic nitrogens is 3. The predicted octanol–water partition coefficient (Wildman–Crippen LogP) is 1.99. The number of nitrogens with one attached hydrogen (secondary N) is 1. The first-order valence-electron chi connectivity index (χ1n) is 7.82. The van der Waals surface area contributed by atoms with E-state index in [2.05, 4.69) is 30.6 Å². The van der Waals surface area contributed by atoms with Crippen LogP contribution in [0.3, 0.4) is 0 Å². The molecule has 1 fully saturated rings. The fraction of sp³-hybridized carbons (Fsp3) is 0.733. The summed E-state index contributed by atoms with van der Waals surface area (Å²) in [5.41, 5.74) is -0.515. The molecule has 1 aliphatic rings. The van der Waals surface area contributed by atoms with Crippen LogP contribution in [0.25, 0.3) is 0 Å². The van der Waals surface area contributed by atoms with Gasteiger partial charge in [-0.15, -0.1) is 11.7 Å². The number of nitrogens with zero attached hydrogens (tertiary/aromatic N) is 2. The van der Waals surface area contributed by atoms with Crippen LogP contribution < -0.4 is 5.69 Å². The molecule has 0 aliphatic heterocycles. The number of hydrogen-bond donors (Lipinski definition) is 1. The van der Waals surface area contributed by atoms with Gasteiger partial charge in [-0.1, -0.05) is 19.9 Å². The Balaban J connectivity index is 2.08. The zero-order chi connectivity index (χ0) is 16.3. The molecule has 0 aromatic carbocycles. The second-order valence-corrected chi connectivity index (χ2v) is 8.60. The minimum Gasteiger partial charge on any atom is -0.262 e. The standard InChI is InChI=1S/C15H25N3O3S/c1-4-6-18-14(19)16-17-15(18)22(20,21)7-5-13-9-11(2)8-12(3)10-13/h4,11-13H,1,5-10H2,2-3H3,(H,16,19). The molecule has 1 heterocycles. The van der Waals surface area contributed by atoms with Crippen molar-refractivity contribution in [1.82, 2.24) is 14.8 Å². The van der Waals surface area contributed by atoms with Gasteiger partial charge in [-0.2, -0.15) is 0 Å². The lowest BCUT2D eigenvalue weighted by Gasteiger charge is -2.31. The zero-order valence-electron chi connectivity index (χ0n) is 13.3. The van der Waals surface area contributed by atoms with Gasteiger partial charge >= 0.3 is 5.69 Å². The Hall–Kier alpha value is -1.37. The van der Waals surface area contributed by atoms with E-state index < -0.39 is 15.5 Å². The van der Waals surface area contributed by atoms with Gasteiger partial charge in [-0.05, 0) is 43.4 Å². The van der Waals surface area contributed by atoms with Gasteiger partial charge in [0.15, 0.2) is 0 Å². The Kier molecular flexibility index (Phi) is 5.26. The Morgan fingerprint density at radius 3 is 2.55 bits per heavy atom. The van der Waals surface area contributed by atoms with Gasteiger partial charge in [0, 0.05) is 6.54 Å². The SMILES string of the molecule is C=CCn1c(S(=O)(=O)CCC2CC(C)CC(C)C2)n[nH]c1=O. The molecule has 6 nitrogen and oxygen atoms in total. The highest BCUT2D eigenvalue weighted by Gasteiger charge is 2.28. The third kappa shape index (κ3) is 3.88. The smallest absolute Gasteiger partial charge is 0.262 e. The van der Waals surface area contributed by atoms with Crippen LogP contribution in [0.2, 0.25) is 0 Å². The number of hydrogen-bond acceptors (Lipinski definition) is 4. The fourth-order valence-corrected chi connectivity index (χ4v) is 5.10. The van der Waals surface area contributed by atoms with Crippen molar-refractivity contribution in [2.24, 2.45) is 17.8 Å². The Bertz CT molecular complexity index is 664. The Morgan fingerprint density at radius 2 is 1.95 bits per heavy atom. The molecule has 1 aromatic heterocycles. The molecular weight excluding hydrogens is 302 g/mol. The number of aromatic amines is 1. The summed E-state index contributed by atoms with van der Waals surface area (Å²) in [4.78, 5) is 11.6. The van der Waals surface area contributed by atoms with E-state index >= 15 is 0 Å². The molecule has 0 saturated heterocycles. The van der Waals surface area contributed by atoms with Crippen molar-refractivity contribution in [1.29, 1.82) is 0 Å². The van der Waals surface area contributed by atoms with E-state index in [-0.39, 0.29) is 17.5 Å². The van der Waals surface area contributed by atoms with Crippen LogP contribution in [0.15, 0.2) is 22.6 Å². The molecular formula is C15H25N3O3S. The second kappa shape index (κ2) is 6.81. The van der Waals surface area contributed by atoms with E-state index in [1.165, 1.54) is 12.5 Å². The van der Waals surface area contributed by atoms with E-state index in [4.69, 9.17) is 0 Å². The van der Waals surface area contributed by atoms with Crippen LogP contribution >= 0.6 is 0 Å². The molecule has 2 atom stereocenters. The Labute approximate surface area is 131 Å². The molecule has 1 saturated carbocycles. The highest BCUT2D eigenvalue weighted by Crippen LogP contribution is 2.35. The monoisotopic (exact) mass is 327 g/mol. The fourth-order valence-electron chi connectivity index (χ4n) is 3.59. The third-order valence-corrected chi connectivity index (χ3v) is 6.03. The van der Waals surface area contributed by atoms with Crippen molar-refractivity contribution in [3.63, 3.8) is 0 Å². The number of allylic oxidation sites excluding steroid dienone is 1. The zero-order valence-corrected chi connectivity index (χ0v) is 14.1. The summed E-state index contributed by atoms with van der Waals surface area (Å²) < 4.78 is 26.1. The lowest BCUT2D eigenvalue weighted by Crippen LogP contribution is -2.24. The molecule has 22 heavy (non-hydrogen) atoms. The highest BCUT2D eigenvalue weighted by molar-refractivity contribution is 7.91. The number of H-pyrrole nitrogens is 1. The first kappa shape index (κ1) is 17.0. The van der Waals surface area contributed by atoms with Crippen LogP contribution in [0.5, 0.6) is 0 Å². The van der Waals surface area contributed by atoms with Crippen molar-refractivity contribution in [3.05, 3.63) is 23.1 Å². The maximum absolute atomic E-state index is 12.5. The van der Waals surface area contributed by atoms with Gasteiger partial charge in [0.05, 0.1) is 5.75 Å². The van der Waals surface area contributed by atoms with Crippen LogP contribution in [0, 0.1) is 17.8 Å². The van der Waals surface area contributed by atoms with E-state index in [0.717, 1.165) is 17.4 Å². The molecule has 0 amide bonds. The predicted molar refractivity (Wildman–Crippen MR) is 85.4 cm³/mol. The first-order valence-corrected chi connectivity index (χ1v) is 9.47. The largest absolute Gasteiger partial charge is 0.344 e. The second-order valence-electron chi connectivity index (χ2n) is 6.60. The van der Waals surface area contributed by atoms with Gasteiger partial charge < -0.3 is 0 Å². The topological polar surface area (TPSA) is 84.8 Å². The molecule has 0 spiro atoms. The molecule has 2 unspecified atom stereocenters. The van der Waals surface area contributed by atoms with Gasteiger partial charge in [-0.25, -0.2) is 18.3 Å². The molecule has 1 aliphatic carbocycles. The van der Waals surface area contributed by atoms with Crippen molar-refractivity contribution in [3.8, 4) is 0 Å². The normalized spacial score (nSPS) is 26.0. The summed E-state index contributed by atoms with van der Waals surface area (Å²) >= 11 is 0. The molecule has 0 bridgehead atoms. The van der Waals surface area contributed by atoms with Gasteiger partial charge in [0.1, 0.15) is 0 Å². The van der Waals surface area contributed by atoms with E-state index in [9.17, 15) is 13.2 Å². The van der Waals surface area contributed by atoms with Crippen LogP contribution in [-0.2, 0) is 16.4 Å². The van der Waals surface area contributed by atoms with Gasteiger partial charge in [0.25, 0.3) is 0 Å². The van der Waals surface area contributed by atoms with Crippen molar-refractivity contribution in [2.75, 3.05) is 5.75 Å². The molecule has 2 rings (SSSR count). The van der Waals surface area contributed by atoms with Crippen molar-refractivity contribution >= 4 is 9.84 Å². The first-order chi connectivity index (χ1) is 10.3. The van der Waals surface area contributed by atoms with E-state index in [0.29, 0.717) is 24.2 Å². The van der Waals surface area contributed by atoms with Crippen molar-refractivity contribution in [2.45, 2.75) is 51.2 Å². The number of rotatable bonds is 6. The van der Waals surface area contributed by atoms with Crippen LogP contribution in [-0.4, -0.2) is 28.9 Å². The summed E-state index contributed by atoms with van der Waals surface area (Å²) in [7, 11) is -3.55. The lowest BCUT2D eigenvalue weighted by molar-refractivity contribution is 0.215.